The highest BCUT2D eigenvalue weighted by atomic mass is 16.3. The Balaban J connectivity index is 3.02. The Kier molecular flexibility index (Phi) is 9.40. The van der Waals surface area contributed by atoms with Crippen molar-refractivity contribution in [2.24, 2.45) is 5.73 Å². The van der Waals surface area contributed by atoms with Crippen LogP contribution in [-0.2, 0) is 4.79 Å². The molecule has 0 heterocycles. The Labute approximate surface area is 90.6 Å². The summed E-state index contributed by atoms with van der Waals surface area (Å²) in [5.41, 5.74) is 4.97. The Morgan fingerprint density at radius 2 is 1.87 bits per heavy atom. The Morgan fingerprint density at radius 1 is 1.27 bits per heavy atom. The molecule has 0 aliphatic rings. The van der Waals surface area contributed by atoms with E-state index in [4.69, 9.17) is 10.8 Å². The van der Waals surface area contributed by atoms with Gasteiger partial charge in [-0.2, -0.15) is 0 Å². The molecule has 0 aliphatic heterocycles. The Bertz CT molecular complexity index is 166. The lowest BCUT2D eigenvalue weighted by atomic mass is 10.3. The second kappa shape index (κ2) is 9.85. The first-order valence-electron chi connectivity index (χ1n) is 5.22. The second-order valence-corrected chi connectivity index (χ2v) is 3.31. The van der Waals surface area contributed by atoms with E-state index >= 15 is 0 Å². The van der Waals surface area contributed by atoms with E-state index < -0.39 is 6.23 Å². The van der Waals surface area contributed by atoms with Crippen molar-refractivity contribution in [3.63, 3.8) is 0 Å². The molecule has 0 fully saturated rings. The Morgan fingerprint density at radius 3 is 2.40 bits per heavy atom. The standard InChI is InChI=1S/C9H22N4O2/c1-11-9(15)3-5-13-7-6-12-4-2-8(10)14/h9,11-13,15H,2-7H2,1H3,(H2,10,14). The fourth-order valence-electron chi connectivity index (χ4n) is 1.02. The summed E-state index contributed by atoms with van der Waals surface area (Å²) in [6.07, 6.45) is 0.608. The quantitative estimate of drug-likeness (QED) is 0.215. The number of hydrogen-bond donors (Lipinski definition) is 5. The molecule has 0 saturated carbocycles. The lowest BCUT2D eigenvalue weighted by Gasteiger charge is -2.09. The molecule has 1 unspecified atom stereocenters. The number of amides is 1. The predicted octanol–water partition coefficient (Wildman–Crippen LogP) is -2.03. The highest BCUT2D eigenvalue weighted by Gasteiger charge is 1.97. The van der Waals surface area contributed by atoms with Crippen LogP contribution in [0.5, 0.6) is 0 Å². The SMILES string of the molecule is CNC(O)CCNCCNCCC(N)=O. The van der Waals surface area contributed by atoms with Crippen LogP contribution in [0.15, 0.2) is 0 Å². The maximum absolute atomic E-state index is 10.4. The van der Waals surface area contributed by atoms with Gasteiger partial charge in [0.15, 0.2) is 0 Å². The number of aliphatic hydroxyl groups is 1. The maximum atomic E-state index is 10.4. The molecule has 6 nitrogen and oxygen atoms in total. The highest BCUT2D eigenvalue weighted by Crippen LogP contribution is 1.81. The summed E-state index contributed by atoms with van der Waals surface area (Å²) >= 11 is 0. The van der Waals surface area contributed by atoms with Crippen LogP contribution in [0.2, 0.25) is 0 Å². The number of rotatable bonds is 10. The molecular weight excluding hydrogens is 196 g/mol. The second-order valence-electron chi connectivity index (χ2n) is 3.31. The van der Waals surface area contributed by atoms with E-state index in [1.54, 1.807) is 7.05 Å². The van der Waals surface area contributed by atoms with E-state index in [9.17, 15) is 4.79 Å². The molecule has 6 N–H and O–H groups in total. The van der Waals surface area contributed by atoms with E-state index in [1.165, 1.54) is 0 Å². The van der Waals surface area contributed by atoms with Gasteiger partial charge in [0.25, 0.3) is 0 Å². The third-order valence-corrected chi connectivity index (χ3v) is 1.95. The topological polar surface area (TPSA) is 99.4 Å². The predicted molar refractivity (Wildman–Crippen MR) is 59.2 cm³/mol. The van der Waals surface area contributed by atoms with E-state index in [0.717, 1.165) is 19.6 Å². The zero-order valence-electron chi connectivity index (χ0n) is 9.25. The number of nitrogens with two attached hydrogens (primary N) is 1. The van der Waals surface area contributed by atoms with Gasteiger partial charge in [-0.05, 0) is 20.0 Å². The lowest BCUT2D eigenvalue weighted by Crippen LogP contribution is -2.33. The molecular formula is C9H22N4O2. The van der Waals surface area contributed by atoms with Crippen molar-refractivity contribution in [2.45, 2.75) is 19.1 Å². The minimum Gasteiger partial charge on any atom is -0.379 e. The number of aliphatic hydroxyl groups excluding tert-OH is 1. The molecule has 90 valence electrons. The fraction of sp³-hybridized carbons (Fsp3) is 0.889. The largest absolute Gasteiger partial charge is 0.379 e. The number of carbonyl (C=O) groups is 1. The van der Waals surface area contributed by atoms with Crippen molar-refractivity contribution >= 4 is 5.91 Å². The zero-order valence-corrected chi connectivity index (χ0v) is 9.25. The molecule has 0 saturated heterocycles. The molecule has 0 bridgehead atoms. The van der Waals surface area contributed by atoms with Crippen LogP contribution < -0.4 is 21.7 Å². The van der Waals surface area contributed by atoms with Gasteiger partial charge >= 0.3 is 0 Å². The average molecular weight is 218 g/mol. The minimum atomic E-state index is -0.444. The monoisotopic (exact) mass is 218 g/mol. The van der Waals surface area contributed by atoms with Crippen molar-refractivity contribution in [2.75, 3.05) is 33.2 Å². The van der Waals surface area contributed by atoms with E-state index in [1.807, 2.05) is 0 Å². The summed E-state index contributed by atoms with van der Waals surface area (Å²) in [5, 5.41) is 18.1. The van der Waals surface area contributed by atoms with Crippen LogP contribution in [0.25, 0.3) is 0 Å². The lowest BCUT2D eigenvalue weighted by molar-refractivity contribution is -0.117. The van der Waals surface area contributed by atoms with Gasteiger partial charge in [-0.15, -0.1) is 0 Å². The molecule has 0 aliphatic carbocycles. The van der Waals surface area contributed by atoms with Gasteiger partial charge in [0.2, 0.25) is 5.91 Å². The molecule has 0 aromatic heterocycles. The first-order chi connectivity index (χ1) is 7.16. The summed E-state index contributed by atoms with van der Waals surface area (Å²) in [4.78, 5) is 10.4. The molecule has 1 atom stereocenters. The molecule has 6 heteroatoms. The van der Waals surface area contributed by atoms with Gasteiger partial charge in [-0.3, -0.25) is 10.1 Å². The van der Waals surface area contributed by atoms with Crippen LogP contribution in [0.1, 0.15) is 12.8 Å². The number of hydrogen-bond acceptors (Lipinski definition) is 5. The number of primary amides is 1. The van der Waals surface area contributed by atoms with Crippen molar-refractivity contribution in [1.29, 1.82) is 0 Å². The van der Waals surface area contributed by atoms with Crippen LogP contribution >= 0.6 is 0 Å². The van der Waals surface area contributed by atoms with Crippen LogP contribution in [0, 0.1) is 0 Å². The maximum Gasteiger partial charge on any atom is 0.218 e. The zero-order chi connectivity index (χ0) is 11.5. The molecule has 0 rings (SSSR count). The van der Waals surface area contributed by atoms with Gasteiger partial charge in [-0.1, -0.05) is 0 Å². The first kappa shape index (κ1) is 14.3. The molecule has 15 heavy (non-hydrogen) atoms. The van der Waals surface area contributed by atoms with Crippen LogP contribution in [-0.4, -0.2) is 50.5 Å². The molecule has 0 spiro atoms. The summed E-state index contributed by atoms with van der Waals surface area (Å²) in [6, 6.07) is 0. The fourth-order valence-corrected chi connectivity index (χ4v) is 1.02. The summed E-state index contributed by atoms with van der Waals surface area (Å²) in [6.45, 7) is 2.99. The van der Waals surface area contributed by atoms with E-state index in [2.05, 4.69) is 16.0 Å². The van der Waals surface area contributed by atoms with Crippen molar-refractivity contribution < 1.29 is 9.90 Å². The van der Waals surface area contributed by atoms with Gasteiger partial charge in [0.05, 0.1) is 0 Å². The van der Waals surface area contributed by atoms with Gasteiger partial charge in [-0.25, -0.2) is 0 Å². The summed E-state index contributed by atoms with van der Waals surface area (Å²) in [5.74, 6) is -0.285. The highest BCUT2D eigenvalue weighted by molar-refractivity contribution is 5.73. The van der Waals surface area contributed by atoms with E-state index in [-0.39, 0.29) is 5.91 Å². The minimum absolute atomic E-state index is 0.285. The Hall–Kier alpha value is -0.690. The van der Waals surface area contributed by atoms with Crippen molar-refractivity contribution in [3.8, 4) is 0 Å². The number of nitrogens with one attached hydrogen (secondary N) is 3. The van der Waals surface area contributed by atoms with Gasteiger partial charge in [0, 0.05) is 26.1 Å². The normalized spacial score (nSPS) is 12.7. The van der Waals surface area contributed by atoms with Crippen molar-refractivity contribution in [1.82, 2.24) is 16.0 Å². The number of carbonyl (C=O) groups excluding carboxylic acids is 1. The van der Waals surface area contributed by atoms with Gasteiger partial charge in [0.1, 0.15) is 6.23 Å². The molecule has 0 aromatic rings. The van der Waals surface area contributed by atoms with Gasteiger partial charge < -0.3 is 21.5 Å². The first-order valence-corrected chi connectivity index (χ1v) is 5.22. The van der Waals surface area contributed by atoms with Crippen LogP contribution in [0.3, 0.4) is 0 Å². The molecule has 0 radical (unpaired) electrons. The summed E-state index contributed by atoms with van der Waals surface area (Å²) < 4.78 is 0. The van der Waals surface area contributed by atoms with Crippen LogP contribution in [0.4, 0.5) is 0 Å². The average Bonchev–Trinajstić information content (AvgIpc) is 2.21. The third-order valence-electron chi connectivity index (χ3n) is 1.95. The molecule has 1 amide bonds. The van der Waals surface area contributed by atoms with E-state index in [0.29, 0.717) is 19.4 Å². The van der Waals surface area contributed by atoms with Crippen molar-refractivity contribution in [3.05, 3.63) is 0 Å². The molecule has 0 aromatic carbocycles. The smallest absolute Gasteiger partial charge is 0.218 e. The third kappa shape index (κ3) is 11.2. The summed E-state index contributed by atoms with van der Waals surface area (Å²) in [7, 11) is 1.72.